The van der Waals surface area contributed by atoms with Crippen LogP contribution in [0.25, 0.3) is 0 Å². The van der Waals surface area contributed by atoms with E-state index in [0.717, 1.165) is 4.31 Å². The van der Waals surface area contributed by atoms with E-state index < -0.39 is 28.4 Å². The molecule has 10 heteroatoms. The smallest absolute Gasteiger partial charge is 0.340 e. The lowest BCUT2D eigenvalue weighted by atomic mass is 10.2. The lowest BCUT2D eigenvalue weighted by molar-refractivity contribution is -0.114. The zero-order valence-corrected chi connectivity index (χ0v) is 20.4. The Bertz CT molecular complexity index is 1290. The summed E-state index contributed by atoms with van der Waals surface area (Å²) in [6, 6.07) is 18.7. The van der Waals surface area contributed by atoms with Crippen LogP contribution in [0.4, 0.5) is 11.4 Å². The van der Waals surface area contributed by atoms with Gasteiger partial charge in [0.1, 0.15) is 18.0 Å². The molecule has 3 aromatic carbocycles. The molecule has 1 amide bonds. The summed E-state index contributed by atoms with van der Waals surface area (Å²) in [7, 11) is -1.35. The molecule has 9 nitrogen and oxygen atoms in total. The highest BCUT2D eigenvalue weighted by atomic mass is 32.2. The fraction of sp³-hybridized carbons (Fsp3) is 0.200. The predicted molar refractivity (Wildman–Crippen MR) is 132 cm³/mol. The number of nitrogens with one attached hydrogen (secondary N) is 1. The lowest BCUT2D eigenvalue weighted by Gasteiger charge is -2.26. The van der Waals surface area contributed by atoms with Crippen LogP contribution in [0.15, 0.2) is 77.7 Å². The molecule has 184 valence electrons. The third-order valence-corrected chi connectivity index (χ3v) is 6.74. The first-order valence-corrected chi connectivity index (χ1v) is 12.1. The van der Waals surface area contributed by atoms with Crippen LogP contribution >= 0.6 is 0 Å². The van der Waals surface area contributed by atoms with Gasteiger partial charge in [0.15, 0.2) is 0 Å². The molecule has 0 atom stereocenters. The Morgan fingerprint density at radius 3 is 2.26 bits per heavy atom. The molecule has 3 aromatic rings. The molecular formula is C25H26N2O7S. The number of hydrogen-bond donors (Lipinski definition) is 1. The third kappa shape index (κ3) is 5.90. The van der Waals surface area contributed by atoms with Crippen LogP contribution in [0.2, 0.25) is 0 Å². The van der Waals surface area contributed by atoms with Crippen LogP contribution in [-0.4, -0.2) is 47.7 Å². The van der Waals surface area contributed by atoms with Crippen molar-refractivity contribution >= 4 is 33.3 Å². The number of rotatable bonds is 10. The van der Waals surface area contributed by atoms with E-state index in [-0.39, 0.29) is 34.2 Å². The van der Waals surface area contributed by atoms with Gasteiger partial charge in [0, 0.05) is 6.07 Å². The quantitative estimate of drug-likeness (QED) is 0.424. The van der Waals surface area contributed by atoms with E-state index in [9.17, 15) is 18.0 Å². The molecule has 0 radical (unpaired) electrons. The van der Waals surface area contributed by atoms with E-state index in [2.05, 4.69) is 5.32 Å². The van der Waals surface area contributed by atoms with Gasteiger partial charge < -0.3 is 19.5 Å². The molecule has 0 saturated heterocycles. The molecule has 0 spiro atoms. The van der Waals surface area contributed by atoms with Gasteiger partial charge in [0.05, 0.1) is 42.7 Å². The topological polar surface area (TPSA) is 111 Å². The minimum Gasteiger partial charge on any atom is -0.497 e. The van der Waals surface area contributed by atoms with Gasteiger partial charge >= 0.3 is 5.97 Å². The van der Waals surface area contributed by atoms with Crippen LogP contribution in [0, 0.1) is 0 Å². The van der Waals surface area contributed by atoms with Crippen molar-refractivity contribution in [3.8, 4) is 11.5 Å². The van der Waals surface area contributed by atoms with Gasteiger partial charge in [-0.1, -0.05) is 30.3 Å². The number of esters is 1. The van der Waals surface area contributed by atoms with Crippen molar-refractivity contribution in [2.75, 3.05) is 37.0 Å². The molecule has 0 aromatic heterocycles. The van der Waals surface area contributed by atoms with Crippen LogP contribution in [0.1, 0.15) is 17.3 Å². The van der Waals surface area contributed by atoms with E-state index in [1.807, 2.05) is 0 Å². The van der Waals surface area contributed by atoms with Gasteiger partial charge in [-0.15, -0.1) is 0 Å². The van der Waals surface area contributed by atoms with E-state index >= 15 is 0 Å². The molecule has 35 heavy (non-hydrogen) atoms. The predicted octanol–water partition coefficient (Wildman–Crippen LogP) is 3.71. The van der Waals surface area contributed by atoms with Gasteiger partial charge in [-0.3, -0.25) is 9.10 Å². The number of methoxy groups -OCH3 is 2. The van der Waals surface area contributed by atoms with Gasteiger partial charge in [-0.05, 0) is 43.3 Å². The molecule has 0 aliphatic rings. The third-order valence-electron chi connectivity index (χ3n) is 4.97. The maximum absolute atomic E-state index is 13.6. The SMILES string of the molecule is CCOC(=O)c1ccccc1NC(=O)CN(c1cc(OC)ccc1OC)S(=O)(=O)c1ccccc1. The van der Waals surface area contributed by atoms with Gasteiger partial charge in [-0.2, -0.15) is 0 Å². The number of sulfonamides is 1. The molecule has 0 bridgehead atoms. The summed E-state index contributed by atoms with van der Waals surface area (Å²) in [6.45, 7) is 1.24. The number of carbonyl (C=O) groups excluding carboxylic acids is 2. The molecule has 0 unspecified atom stereocenters. The average Bonchev–Trinajstić information content (AvgIpc) is 2.87. The van der Waals surface area contributed by atoms with Crippen molar-refractivity contribution in [2.24, 2.45) is 0 Å². The number of hydrogen-bond acceptors (Lipinski definition) is 7. The molecule has 0 aliphatic carbocycles. The molecule has 0 fully saturated rings. The van der Waals surface area contributed by atoms with Gasteiger partial charge in [0.25, 0.3) is 10.0 Å². The molecule has 1 N–H and O–H groups in total. The summed E-state index contributed by atoms with van der Waals surface area (Å²) < 4.78 is 43.9. The molecular weight excluding hydrogens is 472 g/mol. The summed E-state index contributed by atoms with van der Waals surface area (Å²) in [4.78, 5) is 25.4. The maximum atomic E-state index is 13.6. The zero-order chi connectivity index (χ0) is 25.4. The van der Waals surface area contributed by atoms with Crippen molar-refractivity contribution in [1.29, 1.82) is 0 Å². The van der Waals surface area contributed by atoms with E-state index in [1.165, 1.54) is 44.6 Å². The Balaban J connectivity index is 2.03. The maximum Gasteiger partial charge on any atom is 0.340 e. The van der Waals surface area contributed by atoms with Crippen LogP contribution in [-0.2, 0) is 19.6 Å². The monoisotopic (exact) mass is 498 g/mol. The number of para-hydroxylation sites is 1. The van der Waals surface area contributed by atoms with Crippen molar-refractivity contribution in [3.63, 3.8) is 0 Å². The normalized spacial score (nSPS) is 10.8. The average molecular weight is 499 g/mol. The first-order chi connectivity index (χ1) is 16.8. The number of ether oxygens (including phenoxy) is 3. The van der Waals surface area contributed by atoms with Crippen molar-refractivity contribution < 1.29 is 32.2 Å². The highest BCUT2D eigenvalue weighted by Crippen LogP contribution is 2.35. The number of amides is 1. The largest absolute Gasteiger partial charge is 0.497 e. The van der Waals surface area contributed by atoms with Crippen molar-refractivity contribution in [3.05, 3.63) is 78.4 Å². The Morgan fingerprint density at radius 2 is 1.60 bits per heavy atom. The Labute approximate surface area is 204 Å². The Kier molecular flexibility index (Phi) is 8.32. The summed E-state index contributed by atoms with van der Waals surface area (Å²) in [5.74, 6) is -0.676. The van der Waals surface area contributed by atoms with Crippen LogP contribution in [0.5, 0.6) is 11.5 Å². The van der Waals surface area contributed by atoms with E-state index in [0.29, 0.717) is 5.75 Å². The van der Waals surface area contributed by atoms with E-state index in [4.69, 9.17) is 14.2 Å². The lowest BCUT2D eigenvalue weighted by Crippen LogP contribution is -2.38. The van der Waals surface area contributed by atoms with E-state index in [1.54, 1.807) is 49.4 Å². The van der Waals surface area contributed by atoms with Crippen molar-refractivity contribution in [2.45, 2.75) is 11.8 Å². The number of benzene rings is 3. The number of anilines is 2. The molecule has 0 saturated carbocycles. The van der Waals surface area contributed by atoms with Crippen molar-refractivity contribution in [1.82, 2.24) is 0 Å². The van der Waals surface area contributed by atoms with Gasteiger partial charge in [-0.25, -0.2) is 13.2 Å². The highest BCUT2D eigenvalue weighted by Gasteiger charge is 2.30. The minimum absolute atomic E-state index is 0.00963. The molecule has 0 heterocycles. The highest BCUT2D eigenvalue weighted by molar-refractivity contribution is 7.92. The minimum atomic E-state index is -4.19. The fourth-order valence-corrected chi connectivity index (χ4v) is 4.75. The van der Waals surface area contributed by atoms with Crippen LogP contribution < -0.4 is 19.1 Å². The summed E-state index contributed by atoms with van der Waals surface area (Å²) in [5.41, 5.74) is 0.467. The zero-order valence-electron chi connectivity index (χ0n) is 19.6. The number of carbonyl (C=O) groups is 2. The summed E-state index contributed by atoms with van der Waals surface area (Å²) in [6.07, 6.45) is 0. The first kappa shape index (κ1) is 25.6. The molecule has 3 rings (SSSR count). The standard InChI is InChI=1S/C25H26N2O7S/c1-4-34-25(29)20-12-8-9-13-21(20)26-24(28)17-27(35(30,31)19-10-6-5-7-11-19)22-16-18(32-2)14-15-23(22)33-3/h5-16H,4,17H2,1-3H3,(H,26,28). The second-order valence-corrected chi connectivity index (χ2v) is 9.04. The Hall–Kier alpha value is -4.05. The second kappa shape index (κ2) is 11.4. The number of nitrogens with zero attached hydrogens (tertiary/aromatic N) is 1. The first-order valence-electron chi connectivity index (χ1n) is 10.7. The van der Waals surface area contributed by atoms with Crippen LogP contribution in [0.3, 0.4) is 0 Å². The van der Waals surface area contributed by atoms with Gasteiger partial charge in [0.2, 0.25) is 5.91 Å². The second-order valence-electron chi connectivity index (χ2n) is 7.18. The summed E-state index contributed by atoms with van der Waals surface area (Å²) in [5, 5.41) is 2.62. The fourth-order valence-electron chi connectivity index (χ4n) is 3.31. The Morgan fingerprint density at radius 1 is 0.914 bits per heavy atom. The molecule has 0 aliphatic heterocycles. The summed E-state index contributed by atoms with van der Waals surface area (Å²) >= 11 is 0.